The number of carbonyl (C=O) groups excluding carboxylic acids is 3. The Bertz CT molecular complexity index is 692. The molecule has 3 rings (SSSR count). The van der Waals surface area contributed by atoms with Crippen LogP contribution >= 0.6 is 0 Å². The zero-order valence-electron chi connectivity index (χ0n) is 15.0. The van der Waals surface area contributed by atoms with Crippen molar-refractivity contribution >= 4 is 17.8 Å². The second-order valence-corrected chi connectivity index (χ2v) is 7.38. The molecule has 1 atom stereocenters. The highest BCUT2D eigenvalue weighted by atomic mass is 16.2. The quantitative estimate of drug-likeness (QED) is 0.854. The molecule has 6 nitrogen and oxygen atoms in total. The van der Waals surface area contributed by atoms with Crippen molar-refractivity contribution in [2.24, 2.45) is 5.92 Å². The van der Waals surface area contributed by atoms with Crippen LogP contribution in [0.5, 0.6) is 0 Å². The molecule has 134 valence electrons. The van der Waals surface area contributed by atoms with Gasteiger partial charge in [0.15, 0.2) is 0 Å². The Morgan fingerprint density at radius 1 is 1.20 bits per heavy atom. The van der Waals surface area contributed by atoms with E-state index in [4.69, 9.17) is 0 Å². The number of imide groups is 1. The predicted molar refractivity (Wildman–Crippen MR) is 93.8 cm³/mol. The molecule has 0 saturated carbocycles. The highest BCUT2D eigenvalue weighted by Gasteiger charge is 2.49. The van der Waals surface area contributed by atoms with Crippen molar-refractivity contribution in [1.29, 1.82) is 0 Å². The number of rotatable bonds is 3. The van der Waals surface area contributed by atoms with Crippen LogP contribution in [0, 0.1) is 12.8 Å². The number of urea groups is 1. The monoisotopic (exact) mass is 343 g/mol. The first-order chi connectivity index (χ1) is 11.8. The number of benzene rings is 1. The number of hydrogen-bond donors (Lipinski definition) is 1. The van der Waals surface area contributed by atoms with Crippen molar-refractivity contribution in [1.82, 2.24) is 15.1 Å². The van der Waals surface area contributed by atoms with Gasteiger partial charge >= 0.3 is 6.03 Å². The Hall–Kier alpha value is -2.37. The zero-order chi connectivity index (χ0) is 18.2. The number of amides is 4. The highest BCUT2D eigenvalue weighted by molar-refractivity contribution is 6.09. The van der Waals surface area contributed by atoms with E-state index in [2.05, 4.69) is 12.2 Å². The van der Waals surface area contributed by atoms with Crippen LogP contribution in [0.3, 0.4) is 0 Å². The van der Waals surface area contributed by atoms with Crippen LogP contribution in [0.15, 0.2) is 24.3 Å². The summed E-state index contributed by atoms with van der Waals surface area (Å²) in [5.41, 5.74) is 0.676. The van der Waals surface area contributed by atoms with Crippen LogP contribution in [-0.2, 0) is 15.1 Å². The minimum absolute atomic E-state index is 0.163. The molecule has 0 aromatic heterocycles. The predicted octanol–water partition coefficient (Wildman–Crippen LogP) is 2.02. The molecule has 0 spiro atoms. The molecular formula is C19H25N3O3. The third-order valence-corrected chi connectivity index (χ3v) is 5.33. The first kappa shape index (κ1) is 17.5. The molecule has 4 amide bonds. The molecule has 2 saturated heterocycles. The van der Waals surface area contributed by atoms with Gasteiger partial charge in [0, 0.05) is 13.1 Å². The van der Waals surface area contributed by atoms with Crippen LogP contribution in [0.2, 0.25) is 0 Å². The van der Waals surface area contributed by atoms with Crippen molar-refractivity contribution < 1.29 is 14.4 Å². The molecule has 2 aliphatic heterocycles. The van der Waals surface area contributed by atoms with Crippen molar-refractivity contribution in [3.05, 3.63) is 35.4 Å². The first-order valence-corrected chi connectivity index (χ1v) is 8.80. The SMILES string of the molecule is Cc1ccc(C2(C)NC(=O)N(CC(=O)N3CCC(C)CC3)C2=O)cc1. The maximum atomic E-state index is 12.9. The summed E-state index contributed by atoms with van der Waals surface area (Å²) in [5.74, 6) is 0.0780. The van der Waals surface area contributed by atoms with Crippen LogP contribution in [-0.4, -0.2) is 47.3 Å². The van der Waals surface area contributed by atoms with Gasteiger partial charge in [0.1, 0.15) is 12.1 Å². The number of nitrogens with zero attached hydrogens (tertiary/aromatic N) is 2. The first-order valence-electron chi connectivity index (χ1n) is 8.80. The molecular weight excluding hydrogens is 318 g/mol. The van der Waals surface area contributed by atoms with Crippen molar-refractivity contribution in [3.8, 4) is 0 Å². The van der Waals surface area contributed by atoms with Gasteiger partial charge in [-0.1, -0.05) is 36.8 Å². The fourth-order valence-electron chi connectivity index (χ4n) is 3.42. The average molecular weight is 343 g/mol. The molecule has 0 aliphatic carbocycles. The number of nitrogens with one attached hydrogen (secondary N) is 1. The number of likely N-dealkylation sites (tertiary alicyclic amines) is 1. The van der Waals surface area contributed by atoms with Crippen LogP contribution in [0.4, 0.5) is 4.79 Å². The number of aryl methyl sites for hydroxylation is 1. The molecule has 1 aromatic carbocycles. The fourth-order valence-corrected chi connectivity index (χ4v) is 3.42. The maximum Gasteiger partial charge on any atom is 0.325 e. The van der Waals surface area contributed by atoms with E-state index in [0.717, 1.165) is 28.9 Å². The second kappa shape index (κ2) is 6.50. The van der Waals surface area contributed by atoms with Crippen LogP contribution < -0.4 is 5.32 Å². The Kier molecular flexibility index (Phi) is 4.54. The number of hydrogen-bond acceptors (Lipinski definition) is 3. The third-order valence-electron chi connectivity index (χ3n) is 5.33. The summed E-state index contributed by atoms with van der Waals surface area (Å²) in [5, 5.41) is 2.75. The maximum absolute atomic E-state index is 12.9. The van der Waals surface area contributed by atoms with Gasteiger partial charge in [-0.05, 0) is 38.2 Å². The summed E-state index contributed by atoms with van der Waals surface area (Å²) in [6.07, 6.45) is 1.93. The van der Waals surface area contributed by atoms with Gasteiger partial charge in [-0.2, -0.15) is 0 Å². The average Bonchev–Trinajstić information content (AvgIpc) is 2.80. The molecule has 0 bridgehead atoms. The van der Waals surface area contributed by atoms with E-state index >= 15 is 0 Å². The summed E-state index contributed by atoms with van der Waals surface area (Å²) >= 11 is 0. The van der Waals surface area contributed by atoms with E-state index in [9.17, 15) is 14.4 Å². The summed E-state index contributed by atoms with van der Waals surface area (Å²) in [6, 6.07) is 6.98. The fraction of sp³-hybridized carbons (Fsp3) is 0.526. The molecule has 6 heteroatoms. The second-order valence-electron chi connectivity index (χ2n) is 7.38. The van der Waals surface area contributed by atoms with Gasteiger partial charge in [-0.25, -0.2) is 4.79 Å². The Morgan fingerprint density at radius 2 is 1.80 bits per heavy atom. The lowest BCUT2D eigenvalue weighted by Crippen LogP contribution is -2.46. The minimum atomic E-state index is -1.12. The van der Waals surface area contributed by atoms with Crippen molar-refractivity contribution in [2.45, 2.75) is 39.2 Å². The van der Waals surface area contributed by atoms with E-state index in [1.807, 2.05) is 31.2 Å². The molecule has 0 radical (unpaired) electrons. The van der Waals surface area contributed by atoms with E-state index in [-0.39, 0.29) is 18.4 Å². The standard InChI is InChI=1S/C19H25N3O3/c1-13-4-6-15(7-5-13)19(3)17(24)22(18(25)20-19)12-16(23)21-10-8-14(2)9-11-21/h4-7,14H,8-12H2,1-3H3,(H,20,25). The topological polar surface area (TPSA) is 69.7 Å². The highest BCUT2D eigenvalue weighted by Crippen LogP contribution is 2.29. The molecule has 2 aliphatic rings. The van der Waals surface area contributed by atoms with Crippen molar-refractivity contribution in [2.75, 3.05) is 19.6 Å². The van der Waals surface area contributed by atoms with E-state index in [0.29, 0.717) is 19.0 Å². The van der Waals surface area contributed by atoms with Gasteiger partial charge in [0.25, 0.3) is 5.91 Å². The smallest absolute Gasteiger partial charge is 0.325 e. The lowest BCUT2D eigenvalue weighted by atomic mass is 9.91. The van der Waals surface area contributed by atoms with Crippen LogP contribution in [0.1, 0.15) is 37.8 Å². The zero-order valence-corrected chi connectivity index (χ0v) is 15.0. The largest absolute Gasteiger partial charge is 0.341 e. The van der Waals surface area contributed by atoms with E-state index in [1.165, 1.54) is 0 Å². The number of carbonyl (C=O) groups is 3. The number of piperidine rings is 1. The van der Waals surface area contributed by atoms with Gasteiger partial charge in [0.05, 0.1) is 0 Å². The minimum Gasteiger partial charge on any atom is -0.341 e. The molecule has 1 aromatic rings. The summed E-state index contributed by atoms with van der Waals surface area (Å²) in [6.45, 7) is 7.01. The van der Waals surface area contributed by atoms with Crippen LogP contribution in [0.25, 0.3) is 0 Å². The van der Waals surface area contributed by atoms with Gasteiger partial charge in [-0.3, -0.25) is 14.5 Å². The summed E-state index contributed by atoms with van der Waals surface area (Å²) in [7, 11) is 0. The molecule has 2 fully saturated rings. The molecule has 2 heterocycles. The molecule has 1 N–H and O–H groups in total. The molecule has 25 heavy (non-hydrogen) atoms. The van der Waals surface area contributed by atoms with Gasteiger partial charge < -0.3 is 10.2 Å². The Labute approximate surface area is 148 Å². The Morgan fingerprint density at radius 3 is 2.40 bits per heavy atom. The van der Waals surface area contributed by atoms with E-state index < -0.39 is 11.6 Å². The van der Waals surface area contributed by atoms with Gasteiger partial charge in [-0.15, -0.1) is 0 Å². The lowest BCUT2D eigenvalue weighted by molar-refractivity contribution is -0.139. The Balaban J connectivity index is 1.73. The van der Waals surface area contributed by atoms with E-state index in [1.54, 1.807) is 11.8 Å². The summed E-state index contributed by atoms with van der Waals surface area (Å²) in [4.78, 5) is 40.5. The molecule has 1 unspecified atom stereocenters. The normalized spacial score (nSPS) is 24.6. The third kappa shape index (κ3) is 3.25. The van der Waals surface area contributed by atoms with Crippen molar-refractivity contribution in [3.63, 3.8) is 0 Å². The lowest BCUT2D eigenvalue weighted by Gasteiger charge is -2.31. The van der Waals surface area contributed by atoms with Gasteiger partial charge in [0.2, 0.25) is 5.91 Å². The summed E-state index contributed by atoms with van der Waals surface area (Å²) < 4.78 is 0.